The average Bonchev–Trinajstić information content (AvgIpc) is 3.56. The van der Waals surface area contributed by atoms with Crippen LogP contribution in [-0.2, 0) is 29.1 Å². The first-order chi connectivity index (χ1) is 18.3. The van der Waals surface area contributed by atoms with Gasteiger partial charge in [0.1, 0.15) is 23.7 Å². The Balaban J connectivity index is 2.27. The number of ether oxygens (including phenoxy) is 1. The zero-order valence-electron chi connectivity index (χ0n) is 24.8. The monoisotopic (exact) mass is 582 g/mol. The molecule has 2 fully saturated rings. The maximum Gasteiger partial charge on any atom is 0.408 e. The zero-order valence-corrected chi connectivity index (χ0v) is 25.7. The molecule has 40 heavy (non-hydrogen) atoms. The van der Waals surface area contributed by atoms with Gasteiger partial charge in [-0.3, -0.25) is 19.1 Å². The molecule has 1 aliphatic carbocycles. The van der Waals surface area contributed by atoms with Crippen molar-refractivity contribution in [2.24, 2.45) is 11.3 Å². The number of likely N-dealkylation sites (tertiary alicyclic amines) is 1. The number of rotatable bonds is 11. The van der Waals surface area contributed by atoms with Crippen LogP contribution in [0, 0.1) is 11.3 Å². The Labute approximate surface area is 238 Å². The van der Waals surface area contributed by atoms with Crippen molar-refractivity contribution in [2.45, 2.75) is 110 Å². The van der Waals surface area contributed by atoms with Gasteiger partial charge in [0.05, 0.1) is 5.25 Å². The molecule has 12 heteroatoms. The van der Waals surface area contributed by atoms with Crippen LogP contribution in [0.5, 0.6) is 0 Å². The van der Waals surface area contributed by atoms with Gasteiger partial charge in [-0.1, -0.05) is 40.3 Å². The fourth-order valence-corrected chi connectivity index (χ4v) is 5.78. The molecule has 0 radical (unpaired) electrons. The minimum atomic E-state index is -3.86. The predicted molar refractivity (Wildman–Crippen MR) is 152 cm³/mol. The molecule has 4 amide bonds. The number of nitrogens with zero attached hydrogens (tertiary/aromatic N) is 1. The Hall–Kier alpha value is -2.89. The normalized spacial score (nSPS) is 20.1. The van der Waals surface area contributed by atoms with E-state index in [-0.39, 0.29) is 12.5 Å². The molecule has 3 N–H and O–H groups in total. The van der Waals surface area contributed by atoms with Gasteiger partial charge < -0.3 is 20.3 Å². The van der Waals surface area contributed by atoms with Crippen LogP contribution in [0.25, 0.3) is 0 Å². The van der Waals surface area contributed by atoms with E-state index in [9.17, 15) is 27.6 Å². The van der Waals surface area contributed by atoms with Crippen molar-refractivity contribution in [1.29, 1.82) is 0 Å². The highest BCUT2D eigenvalue weighted by Crippen LogP contribution is 2.29. The summed E-state index contributed by atoms with van der Waals surface area (Å²) < 4.78 is 32.4. The summed E-state index contributed by atoms with van der Waals surface area (Å²) >= 11 is 0. The van der Waals surface area contributed by atoms with Gasteiger partial charge in [-0.05, 0) is 69.8 Å². The summed E-state index contributed by atoms with van der Waals surface area (Å²) in [7, 11) is -3.86. The summed E-state index contributed by atoms with van der Waals surface area (Å²) in [5.74, 6) is -2.23. The molecule has 11 nitrogen and oxygen atoms in total. The molecule has 2 aliphatic rings. The van der Waals surface area contributed by atoms with Crippen LogP contribution in [-0.4, -0.2) is 72.7 Å². The maximum absolute atomic E-state index is 13.7. The van der Waals surface area contributed by atoms with Crippen LogP contribution >= 0.6 is 0 Å². The molecule has 1 aliphatic heterocycles. The number of sulfonamides is 1. The Morgan fingerprint density at radius 3 is 2.15 bits per heavy atom. The molecule has 0 bridgehead atoms. The summed E-state index contributed by atoms with van der Waals surface area (Å²) in [6.07, 6.45) is 3.18. The molecule has 0 spiro atoms. The van der Waals surface area contributed by atoms with Gasteiger partial charge in [-0.25, -0.2) is 13.2 Å². The molecule has 1 heterocycles. The summed E-state index contributed by atoms with van der Waals surface area (Å²) in [6, 6.07) is -3.23. The third-order valence-corrected chi connectivity index (χ3v) is 8.73. The first kappa shape index (κ1) is 33.3. The van der Waals surface area contributed by atoms with Gasteiger partial charge >= 0.3 is 6.09 Å². The van der Waals surface area contributed by atoms with Crippen LogP contribution in [0.3, 0.4) is 0 Å². The first-order valence-corrected chi connectivity index (χ1v) is 15.3. The van der Waals surface area contributed by atoms with Crippen LogP contribution < -0.4 is 15.4 Å². The Bertz CT molecular complexity index is 1120. The second-order valence-corrected chi connectivity index (χ2v) is 14.7. The summed E-state index contributed by atoms with van der Waals surface area (Å²) in [5, 5.41) is 4.69. The summed E-state index contributed by atoms with van der Waals surface area (Å²) in [5.41, 5.74) is -1.14. The van der Waals surface area contributed by atoms with Gasteiger partial charge in [0.15, 0.2) is 0 Å². The van der Waals surface area contributed by atoms with Crippen molar-refractivity contribution >= 4 is 33.8 Å². The number of amides is 4. The predicted octanol–water partition coefficient (Wildman–Crippen LogP) is 2.78. The van der Waals surface area contributed by atoms with Gasteiger partial charge in [0, 0.05) is 6.54 Å². The van der Waals surface area contributed by atoms with E-state index in [2.05, 4.69) is 28.5 Å². The van der Waals surface area contributed by atoms with E-state index in [0.717, 1.165) is 0 Å². The fraction of sp³-hybridized carbons (Fsp3) is 0.714. The Kier molecular flexibility index (Phi) is 10.6. The van der Waals surface area contributed by atoms with Crippen molar-refractivity contribution < 1.29 is 32.3 Å². The molecule has 1 saturated heterocycles. The zero-order chi connectivity index (χ0) is 30.6. The molecule has 1 saturated carbocycles. The Morgan fingerprint density at radius 1 is 1.05 bits per heavy atom. The highest BCUT2D eigenvalue weighted by molar-refractivity contribution is 7.90. The molecule has 0 aromatic heterocycles. The SMILES string of the molecule is C=CCC(C)C(=C)[C@@H](NC(=O)[C@@H]1CCCN1C(=O)[C@@H](NC(=O)OC(C)(C)C)C(C)(C)C)C(=O)NS(=O)(=O)C1CC1. The first-order valence-electron chi connectivity index (χ1n) is 13.7. The van der Waals surface area contributed by atoms with Crippen LogP contribution in [0.15, 0.2) is 24.8 Å². The number of alkyl carbamates (subject to hydrolysis) is 1. The van der Waals surface area contributed by atoms with E-state index in [1.165, 1.54) is 4.90 Å². The third kappa shape index (κ3) is 9.07. The smallest absolute Gasteiger partial charge is 0.408 e. The van der Waals surface area contributed by atoms with Crippen molar-refractivity contribution in [2.75, 3.05) is 6.54 Å². The third-order valence-electron chi connectivity index (χ3n) is 6.89. The van der Waals surface area contributed by atoms with Crippen molar-refractivity contribution in [3.63, 3.8) is 0 Å². The van der Waals surface area contributed by atoms with E-state index in [1.807, 2.05) is 0 Å². The molecular formula is C28H46N4O7S. The maximum atomic E-state index is 13.7. The van der Waals surface area contributed by atoms with Crippen molar-refractivity contribution in [3.05, 3.63) is 24.8 Å². The van der Waals surface area contributed by atoms with Gasteiger partial charge in [0.25, 0.3) is 5.91 Å². The lowest BCUT2D eigenvalue weighted by atomic mass is 9.85. The van der Waals surface area contributed by atoms with Crippen LogP contribution in [0.1, 0.15) is 80.6 Å². The number of hydrogen-bond acceptors (Lipinski definition) is 7. The van der Waals surface area contributed by atoms with E-state index in [0.29, 0.717) is 37.7 Å². The second-order valence-electron chi connectivity index (χ2n) is 12.8. The highest BCUT2D eigenvalue weighted by Gasteiger charge is 2.44. The molecule has 2 rings (SSSR count). The molecule has 0 aromatic carbocycles. The van der Waals surface area contributed by atoms with Gasteiger partial charge in [-0.2, -0.15) is 0 Å². The number of carbonyl (C=O) groups is 4. The van der Waals surface area contributed by atoms with E-state index < -0.39 is 68.2 Å². The highest BCUT2D eigenvalue weighted by atomic mass is 32.2. The summed E-state index contributed by atoms with van der Waals surface area (Å²) in [4.78, 5) is 54.3. The van der Waals surface area contributed by atoms with Crippen LogP contribution in [0.4, 0.5) is 4.79 Å². The number of carbonyl (C=O) groups excluding carboxylic acids is 4. The molecule has 226 valence electrons. The molecule has 0 aromatic rings. The number of allylic oxidation sites excluding steroid dienone is 1. The topological polar surface area (TPSA) is 151 Å². The quantitative estimate of drug-likeness (QED) is 0.317. The minimum absolute atomic E-state index is 0.276. The number of nitrogens with one attached hydrogen (secondary N) is 3. The second kappa shape index (κ2) is 12.7. The van der Waals surface area contributed by atoms with E-state index in [1.54, 1.807) is 54.5 Å². The average molecular weight is 583 g/mol. The lowest BCUT2D eigenvalue weighted by Gasteiger charge is -2.36. The summed E-state index contributed by atoms with van der Waals surface area (Å²) in [6.45, 7) is 20.3. The van der Waals surface area contributed by atoms with Gasteiger partial charge in [0.2, 0.25) is 21.8 Å². The Morgan fingerprint density at radius 2 is 1.65 bits per heavy atom. The largest absolute Gasteiger partial charge is 0.444 e. The minimum Gasteiger partial charge on any atom is -0.444 e. The van der Waals surface area contributed by atoms with Crippen LogP contribution in [0.2, 0.25) is 0 Å². The fourth-order valence-electron chi connectivity index (χ4n) is 4.45. The lowest BCUT2D eigenvalue weighted by molar-refractivity contribution is -0.142. The molecule has 4 atom stereocenters. The van der Waals surface area contributed by atoms with Crippen molar-refractivity contribution in [3.8, 4) is 0 Å². The lowest BCUT2D eigenvalue weighted by Crippen LogP contribution is -2.59. The van der Waals surface area contributed by atoms with E-state index >= 15 is 0 Å². The molecule has 1 unspecified atom stereocenters. The van der Waals surface area contributed by atoms with Gasteiger partial charge in [-0.15, -0.1) is 6.58 Å². The molecular weight excluding hydrogens is 536 g/mol. The standard InChI is InChI=1S/C28H46N4O7S/c1-10-12-17(2)18(3)21(24(34)31-40(37,38)19-14-15-19)29-23(33)20-13-11-16-32(20)25(35)22(27(4,5)6)30-26(36)39-28(7,8)9/h10,17,19-22H,1,3,11-16H2,2,4-9H3,(H,29,33)(H,30,36)(H,31,34)/t17?,20-,21+,22+/m0/s1. The number of hydrogen-bond donors (Lipinski definition) is 3. The van der Waals surface area contributed by atoms with E-state index in [4.69, 9.17) is 4.74 Å². The van der Waals surface area contributed by atoms with Crippen molar-refractivity contribution in [1.82, 2.24) is 20.3 Å².